The number of hydrogen-bond acceptors (Lipinski definition) is 4. The number of imide groups is 1. The summed E-state index contributed by atoms with van der Waals surface area (Å²) in [5.74, 6) is -1.00. The summed E-state index contributed by atoms with van der Waals surface area (Å²) in [5, 5.41) is 5.60. The quantitative estimate of drug-likeness (QED) is 0.470. The molecule has 2 N–H and O–H groups in total. The third kappa shape index (κ3) is 3.57. The number of aryl methyl sites for hydroxylation is 1. The first-order valence-electron chi connectivity index (χ1n) is 10.7. The normalized spacial score (nSPS) is 18.8. The topological polar surface area (TPSA) is 95.6 Å². The summed E-state index contributed by atoms with van der Waals surface area (Å²) in [5.41, 5.74) is 2.17. The minimum atomic E-state index is -1.08. The molecular formula is C26H21N3O4. The summed E-state index contributed by atoms with van der Waals surface area (Å²) in [4.78, 5) is 52.0. The van der Waals surface area contributed by atoms with Crippen LogP contribution < -0.4 is 10.6 Å². The average Bonchev–Trinajstić information content (AvgIpc) is 3.33. The van der Waals surface area contributed by atoms with Gasteiger partial charge in [-0.1, -0.05) is 42.5 Å². The Labute approximate surface area is 190 Å². The average molecular weight is 439 g/mol. The van der Waals surface area contributed by atoms with E-state index in [1.54, 1.807) is 48.5 Å². The molecule has 3 aromatic rings. The maximum absolute atomic E-state index is 13.2. The lowest BCUT2D eigenvalue weighted by Crippen LogP contribution is -2.42. The van der Waals surface area contributed by atoms with Gasteiger partial charge in [-0.3, -0.25) is 19.3 Å². The molecule has 3 aromatic carbocycles. The fourth-order valence-corrected chi connectivity index (χ4v) is 4.50. The van der Waals surface area contributed by atoms with Gasteiger partial charge >= 0.3 is 6.03 Å². The predicted molar refractivity (Wildman–Crippen MR) is 122 cm³/mol. The second kappa shape index (κ2) is 8.02. The van der Waals surface area contributed by atoms with Gasteiger partial charge in [-0.05, 0) is 60.4 Å². The van der Waals surface area contributed by atoms with Crippen molar-refractivity contribution in [1.29, 1.82) is 0 Å². The molecule has 1 heterocycles. The highest BCUT2D eigenvalue weighted by molar-refractivity contribution is 6.12. The van der Waals surface area contributed by atoms with Crippen molar-refractivity contribution in [3.63, 3.8) is 0 Å². The summed E-state index contributed by atoms with van der Waals surface area (Å²) >= 11 is 0. The smallest absolute Gasteiger partial charge is 0.322 e. The Morgan fingerprint density at radius 1 is 0.879 bits per heavy atom. The van der Waals surface area contributed by atoms with Crippen LogP contribution in [0.15, 0.2) is 78.9 Å². The third-order valence-corrected chi connectivity index (χ3v) is 6.22. The number of carbonyl (C=O) groups excluding carboxylic acids is 4. The van der Waals surface area contributed by atoms with E-state index < -0.39 is 17.5 Å². The summed E-state index contributed by atoms with van der Waals surface area (Å²) in [6.45, 7) is -0.343. The Kier molecular flexibility index (Phi) is 5.01. The molecule has 0 aromatic heterocycles. The van der Waals surface area contributed by atoms with Gasteiger partial charge in [0.2, 0.25) is 0 Å². The summed E-state index contributed by atoms with van der Waals surface area (Å²) in [6, 6.07) is 22.2. The number of benzene rings is 3. The summed E-state index contributed by atoms with van der Waals surface area (Å²) < 4.78 is 0. The molecule has 2 aliphatic rings. The Bertz CT molecular complexity index is 1270. The predicted octanol–water partition coefficient (Wildman–Crippen LogP) is 3.52. The number of nitrogens with zero attached hydrogens (tertiary/aromatic N) is 1. The van der Waals surface area contributed by atoms with Crippen LogP contribution >= 0.6 is 0 Å². The van der Waals surface area contributed by atoms with Gasteiger partial charge < -0.3 is 10.6 Å². The number of Topliss-reactive ketones (excluding diaryl/α,β-unsaturated/α-hetero) is 1. The van der Waals surface area contributed by atoms with Gasteiger partial charge in [-0.15, -0.1) is 0 Å². The monoisotopic (exact) mass is 439 g/mol. The molecule has 0 saturated carbocycles. The maximum atomic E-state index is 13.2. The molecule has 1 aliphatic heterocycles. The minimum Gasteiger partial charge on any atom is -0.322 e. The minimum absolute atomic E-state index is 0.254. The zero-order chi connectivity index (χ0) is 23.0. The van der Waals surface area contributed by atoms with Gasteiger partial charge in [0.15, 0.2) is 5.78 Å². The van der Waals surface area contributed by atoms with Gasteiger partial charge in [-0.25, -0.2) is 4.79 Å². The molecule has 0 bridgehead atoms. The largest absolute Gasteiger partial charge is 0.325 e. The molecule has 1 fully saturated rings. The number of rotatable bonds is 5. The second-order valence-corrected chi connectivity index (χ2v) is 8.20. The molecule has 164 valence electrons. The number of hydrogen-bond donors (Lipinski definition) is 2. The number of amides is 4. The van der Waals surface area contributed by atoms with E-state index in [9.17, 15) is 19.2 Å². The van der Waals surface area contributed by atoms with E-state index in [1.165, 1.54) is 0 Å². The van der Waals surface area contributed by atoms with Gasteiger partial charge in [0, 0.05) is 16.8 Å². The fourth-order valence-electron chi connectivity index (χ4n) is 4.50. The van der Waals surface area contributed by atoms with E-state index in [-0.39, 0.29) is 18.2 Å². The first-order chi connectivity index (χ1) is 16.0. The number of nitrogens with one attached hydrogen (secondary N) is 2. The van der Waals surface area contributed by atoms with Crippen molar-refractivity contribution in [2.24, 2.45) is 0 Å². The molecule has 1 atom stereocenters. The molecular weight excluding hydrogens is 418 g/mol. The Morgan fingerprint density at radius 2 is 1.58 bits per heavy atom. The van der Waals surface area contributed by atoms with Crippen molar-refractivity contribution in [2.45, 2.75) is 18.4 Å². The van der Waals surface area contributed by atoms with Crippen LogP contribution in [0.4, 0.5) is 10.5 Å². The molecule has 33 heavy (non-hydrogen) atoms. The highest BCUT2D eigenvalue weighted by Crippen LogP contribution is 2.41. The first kappa shape index (κ1) is 20.6. The second-order valence-electron chi connectivity index (χ2n) is 8.20. The van der Waals surface area contributed by atoms with Crippen molar-refractivity contribution in [2.75, 3.05) is 11.9 Å². The summed E-state index contributed by atoms with van der Waals surface area (Å²) in [7, 11) is 0. The standard InChI is InChI=1S/C26H21N3O4/c30-22(18-10-12-20(13-11-18)27-23(31)19-7-2-1-3-8-19)16-29-24(32)26(28-25(29)33)15-14-17-6-4-5-9-21(17)26/h1-13H,14-16H2,(H,27,31)(H,28,33)/t26-/m0/s1. The molecule has 4 amide bonds. The number of carbonyl (C=O) groups is 4. The molecule has 7 nitrogen and oxygen atoms in total. The van der Waals surface area contributed by atoms with Crippen molar-refractivity contribution in [3.8, 4) is 0 Å². The van der Waals surface area contributed by atoms with Crippen LogP contribution in [-0.4, -0.2) is 35.1 Å². The van der Waals surface area contributed by atoms with Crippen molar-refractivity contribution in [1.82, 2.24) is 10.2 Å². The molecule has 1 saturated heterocycles. The van der Waals surface area contributed by atoms with Gasteiger partial charge in [0.1, 0.15) is 5.54 Å². The van der Waals surface area contributed by atoms with Gasteiger partial charge in [0.25, 0.3) is 11.8 Å². The van der Waals surface area contributed by atoms with Crippen LogP contribution in [0.2, 0.25) is 0 Å². The number of ketones is 1. The van der Waals surface area contributed by atoms with Crippen LogP contribution in [0.3, 0.4) is 0 Å². The fraction of sp³-hybridized carbons (Fsp3) is 0.154. The molecule has 0 unspecified atom stereocenters. The van der Waals surface area contributed by atoms with Crippen LogP contribution in [0, 0.1) is 0 Å². The Balaban J connectivity index is 1.28. The van der Waals surface area contributed by atoms with Crippen molar-refractivity contribution >= 4 is 29.3 Å². The Morgan fingerprint density at radius 3 is 2.33 bits per heavy atom. The van der Waals surface area contributed by atoms with Crippen molar-refractivity contribution in [3.05, 3.63) is 101 Å². The van der Waals surface area contributed by atoms with E-state index in [2.05, 4.69) is 10.6 Å². The highest BCUT2D eigenvalue weighted by Gasteiger charge is 2.55. The lowest BCUT2D eigenvalue weighted by molar-refractivity contribution is -0.131. The molecule has 1 aliphatic carbocycles. The number of anilines is 1. The summed E-state index contributed by atoms with van der Waals surface area (Å²) in [6.07, 6.45) is 1.18. The third-order valence-electron chi connectivity index (χ3n) is 6.22. The van der Waals surface area contributed by atoms with E-state index in [0.717, 1.165) is 16.0 Å². The highest BCUT2D eigenvalue weighted by atomic mass is 16.2. The number of urea groups is 1. The van der Waals surface area contributed by atoms with Crippen LogP contribution in [0.1, 0.15) is 38.3 Å². The lowest BCUT2D eigenvalue weighted by Gasteiger charge is -2.22. The molecule has 7 heteroatoms. The van der Waals surface area contributed by atoms with Crippen LogP contribution in [-0.2, 0) is 16.8 Å². The zero-order valence-electron chi connectivity index (χ0n) is 17.7. The molecule has 5 rings (SSSR count). The molecule has 1 spiro atoms. The van der Waals surface area contributed by atoms with Gasteiger partial charge in [0.05, 0.1) is 6.54 Å². The maximum Gasteiger partial charge on any atom is 0.325 e. The molecule has 0 radical (unpaired) electrons. The number of fused-ring (bicyclic) bond motifs is 2. The SMILES string of the molecule is O=C(CN1C(=O)N[C@]2(CCc3ccccc32)C1=O)c1ccc(NC(=O)c2ccccc2)cc1. The van der Waals surface area contributed by atoms with E-state index in [1.807, 2.05) is 30.3 Å². The Hall–Kier alpha value is -4.26. The lowest BCUT2D eigenvalue weighted by atomic mass is 9.92. The zero-order valence-corrected chi connectivity index (χ0v) is 17.7. The van der Waals surface area contributed by atoms with Crippen LogP contribution in [0.5, 0.6) is 0 Å². The van der Waals surface area contributed by atoms with Gasteiger partial charge in [-0.2, -0.15) is 0 Å². The van der Waals surface area contributed by atoms with Crippen molar-refractivity contribution < 1.29 is 19.2 Å². The van der Waals surface area contributed by atoms with Crippen LogP contribution in [0.25, 0.3) is 0 Å². The van der Waals surface area contributed by atoms with E-state index in [4.69, 9.17) is 0 Å². The van der Waals surface area contributed by atoms with E-state index in [0.29, 0.717) is 29.7 Å². The first-order valence-corrected chi connectivity index (χ1v) is 10.7. The van der Waals surface area contributed by atoms with E-state index >= 15 is 0 Å².